The third-order valence-electron chi connectivity index (χ3n) is 14.5. The average Bonchev–Trinajstić information content (AvgIpc) is 3.42. The van der Waals surface area contributed by atoms with E-state index in [9.17, 15) is 19.5 Å². The van der Waals surface area contributed by atoms with Gasteiger partial charge in [-0.05, 0) is 64.2 Å². The lowest BCUT2D eigenvalue weighted by molar-refractivity contribution is -0.870. The lowest BCUT2D eigenvalue weighted by Gasteiger charge is -2.26. The molecule has 0 radical (unpaired) electrons. The van der Waals surface area contributed by atoms with Crippen molar-refractivity contribution in [3.63, 3.8) is 0 Å². The van der Waals surface area contributed by atoms with Crippen LogP contribution in [0.4, 0.5) is 0 Å². The second-order valence-corrected chi connectivity index (χ2v) is 23.4. The lowest BCUT2D eigenvalue weighted by atomic mass is 10.0. The zero-order chi connectivity index (χ0) is 57.6. The van der Waals surface area contributed by atoms with Crippen LogP contribution in [-0.4, -0.2) is 82.3 Å². The number of carbonyl (C=O) groups excluding carboxylic acids is 3. The number of ether oxygens (including phenoxy) is 4. The molecule has 0 saturated carbocycles. The number of carboxylic acid groups (broad SMARTS) is 1. The summed E-state index contributed by atoms with van der Waals surface area (Å²) in [5.41, 5.74) is 0. The van der Waals surface area contributed by atoms with Crippen molar-refractivity contribution >= 4 is 17.9 Å². The first-order valence-corrected chi connectivity index (χ1v) is 33.1. The summed E-state index contributed by atoms with van der Waals surface area (Å²) in [6, 6.07) is 0. The maximum absolute atomic E-state index is 12.9. The van der Waals surface area contributed by atoms with Gasteiger partial charge in [-0.3, -0.25) is 9.59 Å². The second-order valence-electron chi connectivity index (χ2n) is 23.4. The molecule has 0 bridgehead atoms. The van der Waals surface area contributed by atoms with Crippen LogP contribution in [0.2, 0.25) is 0 Å². The highest BCUT2D eigenvalue weighted by Crippen LogP contribution is 2.18. The number of unbranched alkanes of at least 4 members (excludes halogenated alkanes) is 34. The second kappa shape index (κ2) is 60.8. The van der Waals surface area contributed by atoms with E-state index in [1.165, 1.54) is 180 Å². The Hall–Kier alpha value is -3.27. The van der Waals surface area contributed by atoms with Crippen molar-refractivity contribution < 1.29 is 42.9 Å². The zero-order valence-corrected chi connectivity index (χ0v) is 52.2. The van der Waals surface area contributed by atoms with E-state index in [4.69, 9.17) is 18.9 Å². The predicted octanol–water partition coefficient (Wildman–Crippen LogP) is 18.8. The molecule has 0 aromatic rings. The summed E-state index contributed by atoms with van der Waals surface area (Å²) in [5.74, 6) is -2.31. The summed E-state index contributed by atoms with van der Waals surface area (Å²) in [7, 11) is 5.92. The van der Waals surface area contributed by atoms with Crippen molar-refractivity contribution in [2.75, 3.05) is 47.5 Å². The molecular weight excluding hydrogens is 983 g/mol. The van der Waals surface area contributed by atoms with Gasteiger partial charge in [0.15, 0.2) is 12.4 Å². The lowest BCUT2D eigenvalue weighted by Crippen LogP contribution is -2.44. The Morgan fingerprint density at radius 1 is 0.392 bits per heavy atom. The van der Waals surface area contributed by atoms with Crippen LogP contribution >= 0.6 is 0 Å². The summed E-state index contributed by atoms with van der Waals surface area (Å²) in [4.78, 5) is 37.4. The summed E-state index contributed by atoms with van der Waals surface area (Å²) in [5, 5.41) is 11.8. The molecule has 2 atom stereocenters. The first-order chi connectivity index (χ1) is 38.6. The third kappa shape index (κ3) is 62.2. The number of nitrogens with zero attached hydrogens (tertiary/aromatic N) is 1. The molecule has 0 aliphatic carbocycles. The first-order valence-electron chi connectivity index (χ1n) is 33.1. The first kappa shape index (κ1) is 75.7. The van der Waals surface area contributed by atoms with Gasteiger partial charge in [0.2, 0.25) is 0 Å². The minimum Gasteiger partial charge on any atom is -0.545 e. The number of quaternary nitrogens is 1. The van der Waals surface area contributed by atoms with Crippen molar-refractivity contribution in [1.82, 2.24) is 0 Å². The van der Waals surface area contributed by atoms with Gasteiger partial charge in [0, 0.05) is 12.8 Å². The Balaban J connectivity index is 4.14. The molecule has 0 heterocycles. The van der Waals surface area contributed by atoms with E-state index in [0.29, 0.717) is 17.4 Å². The molecule has 0 aromatic carbocycles. The number of carboxylic acids is 1. The standard InChI is InChI=1S/C70H125NO8/c1-6-8-10-12-14-16-18-20-22-24-26-28-30-31-32-33-34-35-36-37-39-40-42-44-46-48-50-52-54-56-58-60-67(72)77-64-66(65-78-70(69(74)75)76-63-62-71(3,4)5)79-68(73)61-59-57-55-53-51-49-47-45-43-41-38-29-27-25-23-21-19-17-15-13-11-9-7-2/h9,11,15,17,21,23,27,29,41,43,47,49,66,70H,6-8,10,12-14,16,18-20,22,24-26,28,30-40,42,44-46,48,50-65H2,1-5H3/b11-9-,17-15-,23-21-,29-27-,43-41-,49-47-. The number of likely N-dealkylation sites (N-methyl/N-ethyl adjacent to an activating group) is 1. The van der Waals surface area contributed by atoms with Gasteiger partial charge >= 0.3 is 11.9 Å². The van der Waals surface area contributed by atoms with Gasteiger partial charge in [-0.25, -0.2) is 0 Å². The van der Waals surface area contributed by atoms with Crippen LogP contribution in [0.3, 0.4) is 0 Å². The van der Waals surface area contributed by atoms with Crippen LogP contribution in [0.1, 0.15) is 296 Å². The fourth-order valence-corrected chi connectivity index (χ4v) is 9.43. The fourth-order valence-electron chi connectivity index (χ4n) is 9.43. The van der Waals surface area contributed by atoms with Gasteiger partial charge in [-0.1, -0.05) is 292 Å². The quantitative estimate of drug-likeness (QED) is 0.0195. The Labute approximate surface area is 487 Å². The maximum Gasteiger partial charge on any atom is 0.306 e. The van der Waals surface area contributed by atoms with E-state index in [-0.39, 0.29) is 38.6 Å². The Kier molecular flexibility index (Phi) is 58.3. The number of esters is 2. The zero-order valence-electron chi connectivity index (χ0n) is 52.2. The topological polar surface area (TPSA) is 111 Å². The maximum atomic E-state index is 12.9. The SMILES string of the molecule is CC/C=C\C/C=C\C/C=C\C/C=C\C/C=C\C/C=C\CCCCCCC(=O)OC(COC(=O)CCCCCCCCCCCCCCCCCCCCCCCCCCCCCCCCC)COC(OCC[N+](C)(C)C)C(=O)[O-]. The number of carbonyl (C=O) groups is 3. The van der Waals surface area contributed by atoms with E-state index < -0.39 is 24.3 Å². The molecule has 0 N–H and O–H groups in total. The van der Waals surface area contributed by atoms with E-state index in [0.717, 1.165) is 83.5 Å². The number of aliphatic carboxylic acids is 1. The van der Waals surface area contributed by atoms with Crippen LogP contribution in [0.25, 0.3) is 0 Å². The molecular formula is C70H125NO8. The van der Waals surface area contributed by atoms with Crippen LogP contribution in [0.5, 0.6) is 0 Å². The predicted molar refractivity (Wildman–Crippen MR) is 334 cm³/mol. The molecule has 2 unspecified atom stereocenters. The van der Waals surface area contributed by atoms with E-state index in [2.05, 4.69) is 86.8 Å². The van der Waals surface area contributed by atoms with Gasteiger partial charge in [0.25, 0.3) is 0 Å². The molecule has 0 aliphatic rings. The average molecular weight is 1110 g/mol. The van der Waals surface area contributed by atoms with Crippen LogP contribution in [-0.2, 0) is 33.3 Å². The van der Waals surface area contributed by atoms with E-state index in [1.807, 2.05) is 21.1 Å². The van der Waals surface area contributed by atoms with Gasteiger partial charge in [-0.2, -0.15) is 0 Å². The van der Waals surface area contributed by atoms with Gasteiger partial charge in [0.1, 0.15) is 13.2 Å². The van der Waals surface area contributed by atoms with E-state index in [1.54, 1.807) is 0 Å². The Morgan fingerprint density at radius 3 is 1.08 bits per heavy atom. The highest BCUT2D eigenvalue weighted by molar-refractivity contribution is 5.70. The smallest absolute Gasteiger partial charge is 0.306 e. The minimum atomic E-state index is -1.63. The number of hydrogen-bond donors (Lipinski definition) is 0. The normalized spacial score (nSPS) is 13.2. The van der Waals surface area contributed by atoms with Crippen molar-refractivity contribution in [2.24, 2.45) is 0 Å². The molecule has 0 aliphatic heterocycles. The molecule has 0 aromatic heterocycles. The fraction of sp³-hybridized carbons (Fsp3) is 0.786. The summed E-state index contributed by atoms with van der Waals surface area (Å²) in [6.45, 7) is 4.64. The van der Waals surface area contributed by atoms with Gasteiger partial charge < -0.3 is 33.3 Å². The highest BCUT2D eigenvalue weighted by atomic mass is 16.7. The Bertz CT molecular complexity index is 1520. The van der Waals surface area contributed by atoms with Crippen LogP contribution in [0, 0.1) is 0 Å². The summed E-state index contributed by atoms with van der Waals surface area (Å²) < 4.78 is 22.7. The molecule has 9 heteroatoms. The number of allylic oxidation sites excluding steroid dienone is 12. The van der Waals surface area contributed by atoms with Crippen molar-refractivity contribution in [2.45, 2.75) is 309 Å². The van der Waals surface area contributed by atoms with E-state index >= 15 is 0 Å². The minimum absolute atomic E-state index is 0.140. The molecule has 0 saturated heterocycles. The third-order valence-corrected chi connectivity index (χ3v) is 14.5. The summed E-state index contributed by atoms with van der Waals surface area (Å²) in [6.07, 6.45) is 77.0. The summed E-state index contributed by atoms with van der Waals surface area (Å²) >= 11 is 0. The molecule has 0 spiro atoms. The number of hydrogen-bond acceptors (Lipinski definition) is 8. The Morgan fingerprint density at radius 2 is 0.722 bits per heavy atom. The molecule has 458 valence electrons. The van der Waals surface area contributed by atoms with Crippen LogP contribution < -0.4 is 5.11 Å². The molecule has 0 amide bonds. The molecule has 79 heavy (non-hydrogen) atoms. The monoisotopic (exact) mass is 1110 g/mol. The van der Waals surface area contributed by atoms with Crippen molar-refractivity contribution in [3.05, 3.63) is 72.9 Å². The largest absolute Gasteiger partial charge is 0.545 e. The highest BCUT2D eigenvalue weighted by Gasteiger charge is 2.22. The molecule has 0 rings (SSSR count). The van der Waals surface area contributed by atoms with Crippen molar-refractivity contribution in [1.29, 1.82) is 0 Å². The van der Waals surface area contributed by atoms with Gasteiger partial charge in [-0.15, -0.1) is 0 Å². The molecule has 9 nitrogen and oxygen atoms in total. The van der Waals surface area contributed by atoms with Crippen LogP contribution in [0.15, 0.2) is 72.9 Å². The number of rotatable bonds is 61. The van der Waals surface area contributed by atoms with Gasteiger partial charge in [0.05, 0.1) is 40.3 Å². The van der Waals surface area contributed by atoms with Crippen molar-refractivity contribution in [3.8, 4) is 0 Å². The molecule has 0 fully saturated rings.